The van der Waals surface area contributed by atoms with Crippen molar-refractivity contribution >= 4 is 34.8 Å². The normalized spacial score (nSPS) is 20.7. The third-order valence-electron chi connectivity index (χ3n) is 9.10. The highest BCUT2D eigenvalue weighted by Gasteiger charge is 2.72. The van der Waals surface area contributed by atoms with Crippen molar-refractivity contribution < 1.29 is 28.8 Å². The van der Waals surface area contributed by atoms with E-state index in [9.17, 15) is 24.5 Å². The molecule has 1 spiro atoms. The van der Waals surface area contributed by atoms with Crippen LogP contribution in [-0.2, 0) is 0 Å². The van der Waals surface area contributed by atoms with Gasteiger partial charge in [-0.25, -0.2) is 0 Å². The van der Waals surface area contributed by atoms with E-state index in [1.807, 2.05) is 41.3 Å². The number of anilines is 1. The Bertz CT molecular complexity index is 1890. The summed E-state index contributed by atoms with van der Waals surface area (Å²) < 4.78 is 11.4. The van der Waals surface area contributed by atoms with E-state index in [2.05, 4.69) is 0 Å². The van der Waals surface area contributed by atoms with Crippen molar-refractivity contribution in [2.24, 2.45) is 5.41 Å². The number of ether oxygens (including phenoxy) is 2. The van der Waals surface area contributed by atoms with Gasteiger partial charge in [0.05, 0.1) is 25.2 Å². The van der Waals surface area contributed by atoms with Gasteiger partial charge in [0.1, 0.15) is 23.0 Å². The summed E-state index contributed by atoms with van der Waals surface area (Å²) in [6, 6.07) is 22.8. The number of nitro benzene ring substituents is 1. The molecule has 2 aliphatic heterocycles. The van der Waals surface area contributed by atoms with Crippen LogP contribution in [0.15, 0.2) is 97.1 Å². The molecule has 0 saturated carbocycles. The minimum Gasteiger partial charge on any atom is -0.497 e. The van der Waals surface area contributed by atoms with Crippen LogP contribution in [0.3, 0.4) is 0 Å². The molecule has 1 fully saturated rings. The molecule has 9 heteroatoms. The van der Waals surface area contributed by atoms with Gasteiger partial charge in [-0.1, -0.05) is 66.7 Å². The summed E-state index contributed by atoms with van der Waals surface area (Å²) in [5.41, 5.74) is 0.609. The van der Waals surface area contributed by atoms with Crippen LogP contribution in [-0.4, -0.2) is 48.6 Å². The average molecular weight is 587 g/mol. The number of carbonyl (C=O) groups is 3. The van der Waals surface area contributed by atoms with Crippen molar-refractivity contribution in [3.63, 3.8) is 0 Å². The summed E-state index contributed by atoms with van der Waals surface area (Å²) in [4.78, 5) is 57.5. The lowest BCUT2D eigenvalue weighted by Gasteiger charge is -2.37. The lowest BCUT2D eigenvalue weighted by atomic mass is 9.64. The second kappa shape index (κ2) is 10.0. The van der Waals surface area contributed by atoms with Crippen LogP contribution in [0.5, 0.6) is 11.5 Å². The van der Waals surface area contributed by atoms with Gasteiger partial charge in [0.25, 0.3) is 5.69 Å². The summed E-state index contributed by atoms with van der Waals surface area (Å²) in [5.74, 6) is -1.48. The maximum Gasteiger partial charge on any atom is 0.270 e. The third kappa shape index (κ3) is 3.62. The zero-order valence-corrected chi connectivity index (χ0v) is 23.8. The van der Waals surface area contributed by atoms with E-state index in [0.29, 0.717) is 33.9 Å². The standard InChI is InChI=1S/C35H26N2O7/c1-43-23-15-16-28(44-2)26(19-23)30-31(32(38)21-9-7-10-22(18-21)37(41)42)36-27-13-6-3-8-20(27)14-17-29(36)35(30)33(39)24-11-4-5-12-25(24)34(35)40/h3-19,29-31H,1-2H3/t29?,30-,31+/m0/s1. The van der Waals surface area contributed by atoms with Gasteiger partial charge in [0, 0.05) is 46.0 Å². The van der Waals surface area contributed by atoms with Gasteiger partial charge in [0.2, 0.25) is 0 Å². The van der Waals surface area contributed by atoms with Crippen LogP contribution >= 0.6 is 0 Å². The van der Waals surface area contributed by atoms with Crippen molar-refractivity contribution in [2.45, 2.75) is 18.0 Å². The number of non-ortho nitro benzene ring substituents is 1. The van der Waals surface area contributed by atoms with Crippen molar-refractivity contribution in [1.29, 1.82) is 0 Å². The fourth-order valence-electron chi connectivity index (χ4n) is 7.29. The van der Waals surface area contributed by atoms with Gasteiger partial charge >= 0.3 is 0 Å². The Balaban J connectivity index is 1.58. The van der Waals surface area contributed by atoms with Crippen LogP contribution in [0, 0.1) is 15.5 Å². The van der Waals surface area contributed by atoms with Crippen LogP contribution in [0.25, 0.3) is 6.08 Å². The minimum atomic E-state index is -1.76. The molecule has 3 atom stereocenters. The third-order valence-corrected chi connectivity index (χ3v) is 9.10. The average Bonchev–Trinajstić information content (AvgIpc) is 3.50. The van der Waals surface area contributed by atoms with E-state index in [1.54, 1.807) is 42.5 Å². The smallest absolute Gasteiger partial charge is 0.270 e. The second-order valence-corrected chi connectivity index (χ2v) is 11.0. The molecule has 0 bridgehead atoms. The van der Waals surface area contributed by atoms with Gasteiger partial charge in [-0.2, -0.15) is 0 Å². The maximum atomic E-state index is 14.9. The fraction of sp³-hybridized carbons (Fsp3) is 0.171. The van der Waals surface area contributed by atoms with Crippen LogP contribution in [0.4, 0.5) is 11.4 Å². The molecular formula is C35H26N2O7. The van der Waals surface area contributed by atoms with E-state index in [0.717, 1.165) is 5.56 Å². The Morgan fingerprint density at radius 1 is 0.864 bits per heavy atom. The van der Waals surface area contributed by atoms with Crippen molar-refractivity contribution in [2.75, 3.05) is 19.1 Å². The van der Waals surface area contributed by atoms with E-state index in [1.165, 1.54) is 38.5 Å². The van der Waals surface area contributed by atoms with Gasteiger partial charge in [-0.3, -0.25) is 24.5 Å². The molecule has 218 valence electrons. The van der Waals surface area contributed by atoms with E-state index in [-0.39, 0.29) is 22.8 Å². The molecule has 7 rings (SSSR count). The quantitative estimate of drug-likeness (QED) is 0.118. The van der Waals surface area contributed by atoms with Gasteiger partial charge in [0.15, 0.2) is 17.3 Å². The zero-order valence-electron chi connectivity index (χ0n) is 23.8. The predicted octanol–water partition coefficient (Wildman–Crippen LogP) is 5.93. The first kappa shape index (κ1) is 27.3. The number of nitro groups is 1. The zero-order chi connectivity index (χ0) is 30.7. The first-order valence-electron chi connectivity index (χ1n) is 14.1. The number of carbonyl (C=O) groups excluding carboxylic acids is 3. The molecule has 1 aliphatic carbocycles. The Labute approximate surface area is 252 Å². The molecule has 3 aliphatic rings. The Kier molecular flexibility index (Phi) is 6.21. The second-order valence-electron chi connectivity index (χ2n) is 11.0. The number of nitrogens with zero attached hydrogens (tertiary/aromatic N) is 2. The van der Waals surface area contributed by atoms with Crippen LogP contribution in [0.2, 0.25) is 0 Å². The Hall–Kier alpha value is -5.57. The van der Waals surface area contributed by atoms with Crippen molar-refractivity contribution in [3.8, 4) is 11.5 Å². The molecule has 9 nitrogen and oxygen atoms in total. The van der Waals surface area contributed by atoms with Crippen LogP contribution < -0.4 is 14.4 Å². The van der Waals surface area contributed by atoms with Gasteiger partial charge in [-0.05, 0) is 29.8 Å². The molecule has 1 saturated heterocycles. The summed E-state index contributed by atoms with van der Waals surface area (Å²) in [6.45, 7) is 0. The molecule has 4 aromatic rings. The van der Waals surface area contributed by atoms with E-state index >= 15 is 0 Å². The molecule has 0 N–H and O–H groups in total. The number of methoxy groups -OCH3 is 2. The van der Waals surface area contributed by atoms with Gasteiger partial charge in [-0.15, -0.1) is 0 Å². The highest BCUT2D eigenvalue weighted by atomic mass is 16.6. The first-order valence-corrected chi connectivity index (χ1v) is 14.1. The summed E-state index contributed by atoms with van der Waals surface area (Å²) in [6.07, 6.45) is 3.70. The maximum absolute atomic E-state index is 14.9. The number of rotatable bonds is 6. The number of Topliss-reactive ketones (excluding diaryl/α,β-unsaturated/α-hetero) is 3. The van der Waals surface area contributed by atoms with Crippen molar-refractivity contribution in [3.05, 3.63) is 135 Å². The largest absolute Gasteiger partial charge is 0.497 e. The minimum absolute atomic E-state index is 0.0920. The van der Waals surface area contributed by atoms with E-state index in [4.69, 9.17) is 9.47 Å². The lowest BCUT2D eigenvalue weighted by molar-refractivity contribution is -0.384. The fourth-order valence-corrected chi connectivity index (χ4v) is 7.29. The SMILES string of the molecule is COc1ccc(OC)c([C@H]2[C@H](C(=O)c3cccc([N+](=O)[O-])c3)N3c4ccccc4C=CC3C23C(=O)c2ccccc2C3=O)c1. The number of fused-ring (bicyclic) bond motifs is 5. The van der Waals surface area contributed by atoms with Gasteiger partial charge < -0.3 is 14.4 Å². The summed E-state index contributed by atoms with van der Waals surface area (Å²) >= 11 is 0. The number of benzene rings is 4. The molecular weight excluding hydrogens is 560 g/mol. The number of ketones is 3. The number of hydrogen-bond acceptors (Lipinski definition) is 8. The molecule has 0 aromatic heterocycles. The van der Waals surface area contributed by atoms with E-state index < -0.39 is 34.1 Å². The highest BCUT2D eigenvalue weighted by molar-refractivity contribution is 6.32. The number of para-hydroxylation sites is 1. The molecule has 0 radical (unpaired) electrons. The first-order chi connectivity index (χ1) is 21.3. The summed E-state index contributed by atoms with van der Waals surface area (Å²) in [5, 5.41) is 11.7. The molecule has 4 aromatic carbocycles. The molecule has 0 amide bonds. The molecule has 1 unspecified atom stereocenters. The number of hydrogen-bond donors (Lipinski definition) is 0. The monoisotopic (exact) mass is 586 g/mol. The highest BCUT2D eigenvalue weighted by Crippen LogP contribution is 2.62. The summed E-state index contributed by atoms with van der Waals surface area (Å²) in [7, 11) is 2.99. The molecule has 2 heterocycles. The van der Waals surface area contributed by atoms with Crippen LogP contribution in [0.1, 0.15) is 48.1 Å². The molecule has 44 heavy (non-hydrogen) atoms. The topological polar surface area (TPSA) is 116 Å². The van der Waals surface area contributed by atoms with Crippen molar-refractivity contribution in [1.82, 2.24) is 0 Å². The predicted molar refractivity (Wildman–Crippen MR) is 163 cm³/mol. The Morgan fingerprint density at radius 3 is 2.25 bits per heavy atom. The Morgan fingerprint density at radius 2 is 1.57 bits per heavy atom. The lowest BCUT2D eigenvalue weighted by Crippen LogP contribution is -2.48.